The Balaban J connectivity index is 2.11. The number of ketones is 1. The predicted molar refractivity (Wildman–Crippen MR) is 101 cm³/mol. The van der Waals surface area contributed by atoms with Crippen molar-refractivity contribution in [2.45, 2.75) is 71.0 Å². The first kappa shape index (κ1) is 21.8. The lowest BCUT2D eigenvalue weighted by molar-refractivity contribution is -0.144. The summed E-state index contributed by atoms with van der Waals surface area (Å²) in [6, 6.07) is -2.47. The van der Waals surface area contributed by atoms with Crippen LogP contribution in [0.25, 0.3) is 0 Å². The summed E-state index contributed by atoms with van der Waals surface area (Å²) in [6.07, 6.45) is 3.87. The van der Waals surface area contributed by atoms with Crippen molar-refractivity contribution in [2.24, 2.45) is 17.1 Å². The van der Waals surface area contributed by atoms with E-state index in [9.17, 15) is 24.0 Å². The van der Waals surface area contributed by atoms with Crippen LogP contribution in [0.5, 0.6) is 0 Å². The number of carbonyl (C=O) groups excluding carboxylic acids is 5. The molecular formula is C19H30N4O5. The molecule has 1 unspecified atom stereocenters. The Morgan fingerprint density at radius 3 is 2.32 bits per heavy atom. The number of nitrogens with two attached hydrogens (primary N) is 1. The van der Waals surface area contributed by atoms with E-state index in [1.165, 1.54) is 4.90 Å². The number of rotatable bonds is 9. The molecule has 1 saturated carbocycles. The van der Waals surface area contributed by atoms with Gasteiger partial charge in [0.2, 0.25) is 24.0 Å². The van der Waals surface area contributed by atoms with Gasteiger partial charge < -0.3 is 21.3 Å². The molecule has 2 rings (SSSR count). The standard InChI is InChI=1S/C19H30N4O5/c1-19(2,3)15(21-10-24)18(28)23-8-4-5-13(23)17(27)22-12(9-11-6-7-11)14(25)16(20)26/h10-13,15H,4-9H2,1-3H3,(H2,20,26)(H,21,24)(H,22,27)/t12?,13-,15+/m0/s1. The molecule has 1 aliphatic heterocycles. The lowest BCUT2D eigenvalue weighted by Crippen LogP contribution is -2.58. The SMILES string of the molecule is CC(C)(C)[C@H](NC=O)C(=O)N1CCC[C@H]1C(=O)NC(CC1CC1)C(=O)C(N)=O. The molecule has 2 fully saturated rings. The first-order valence-electron chi connectivity index (χ1n) is 9.70. The molecular weight excluding hydrogens is 364 g/mol. The van der Waals surface area contributed by atoms with Crippen molar-refractivity contribution in [2.75, 3.05) is 6.54 Å². The molecule has 1 aliphatic carbocycles. The maximum absolute atomic E-state index is 13.0. The van der Waals surface area contributed by atoms with Gasteiger partial charge in [0.25, 0.3) is 5.91 Å². The highest BCUT2D eigenvalue weighted by molar-refractivity contribution is 6.37. The maximum Gasteiger partial charge on any atom is 0.287 e. The maximum atomic E-state index is 13.0. The minimum Gasteiger partial charge on any atom is -0.363 e. The van der Waals surface area contributed by atoms with Gasteiger partial charge in [-0.2, -0.15) is 0 Å². The van der Waals surface area contributed by atoms with Crippen LogP contribution < -0.4 is 16.4 Å². The van der Waals surface area contributed by atoms with Crippen molar-refractivity contribution in [3.63, 3.8) is 0 Å². The molecule has 1 saturated heterocycles. The van der Waals surface area contributed by atoms with Gasteiger partial charge in [0.1, 0.15) is 12.1 Å². The van der Waals surface area contributed by atoms with Crippen molar-refractivity contribution < 1.29 is 24.0 Å². The summed E-state index contributed by atoms with van der Waals surface area (Å²) in [5, 5.41) is 5.18. The fraction of sp³-hybridized carbons (Fsp3) is 0.737. The van der Waals surface area contributed by atoms with Gasteiger partial charge in [0.05, 0.1) is 6.04 Å². The van der Waals surface area contributed by atoms with Gasteiger partial charge in [-0.15, -0.1) is 0 Å². The van der Waals surface area contributed by atoms with E-state index in [0.29, 0.717) is 38.1 Å². The van der Waals surface area contributed by atoms with Crippen molar-refractivity contribution in [3.8, 4) is 0 Å². The third kappa shape index (κ3) is 5.30. The lowest BCUT2D eigenvalue weighted by atomic mass is 9.85. The van der Waals surface area contributed by atoms with Crippen molar-refractivity contribution >= 4 is 29.9 Å². The molecule has 9 nitrogen and oxygen atoms in total. The van der Waals surface area contributed by atoms with Crippen LogP contribution in [0.3, 0.4) is 0 Å². The number of nitrogens with zero attached hydrogens (tertiary/aromatic N) is 1. The largest absolute Gasteiger partial charge is 0.363 e. The van der Waals surface area contributed by atoms with Crippen LogP contribution in [-0.2, 0) is 24.0 Å². The number of nitrogens with one attached hydrogen (secondary N) is 2. The normalized spacial score (nSPS) is 21.5. The highest BCUT2D eigenvalue weighted by atomic mass is 16.2. The summed E-state index contributed by atoms with van der Waals surface area (Å²) >= 11 is 0. The molecule has 0 aromatic carbocycles. The second-order valence-corrected chi connectivity index (χ2v) is 8.74. The van der Waals surface area contributed by atoms with Gasteiger partial charge in [-0.1, -0.05) is 33.6 Å². The Hall–Kier alpha value is -2.45. The Morgan fingerprint density at radius 1 is 1.18 bits per heavy atom. The number of primary amides is 1. The molecule has 28 heavy (non-hydrogen) atoms. The number of Topliss-reactive ketones (excluding diaryl/α,β-unsaturated/α-hetero) is 1. The number of carbonyl (C=O) groups is 5. The van der Waals surface area contributed by atoms with Crippen molar-refractivity contribution in [1.29, 1.82) is 0 Å². The highest BCUT2D eigenvalue weighted by Crippen LogP contribution is 2.34. The summed E-state index contributed by atoms with van der Waals surface area (Å²) in [6.45, 7) is 5.87. The Bertz CT molecular complexity index is 653. The minimum atomic E-state index is -1.08. The van der Waals surface area contributed by atoms with E-state index in [4.69, 9.17) is 5.73 Å². The second-order valence-electron chi connectivity index (χ2n) is 8.74. The van der Waals surface area contributed by atoms with E-state index in [0.717, 1.165) is 12.8 Å². The molecule has 1 heterocycles. The van der Waals surface area contributed by atoms with Gasteiger partial charge >= 0.3 is 0 Å². The third-order valence-electron chi connectivity index (χ3n) is 5.33. The smallest absolute Gasteiger partial charge is 0.287 e. The van der Waals surface area contributed by atoms with E-state index in [1.807, 2.05) is 20.8 Å². The molecule has 2 aliphatic rings. The summed E-state index contributed by atoms with van der Waals surface area (Å²) in [7, 11) is 0. The summed E-state index contributed by atoms with van der Waals surface area (Å²) in [5.41, 5.74) is 4.58. The monoisotopic (exact) mass is 394 g/mol. The van der Waals surface area contributed by atoms with E-state index in [2.05, 4.69) is 10.6 Å². The molecule has 0 aromatic rings. The highest BCUT2D eigenvalue weighted by Gasteiger charge is 2.42. The van der Waals surface area contributed by atoms with Crippen LogP contribution in [0.15, 0.2) is 0 Å². The Labute approximate surface area is 164 Å². The molecule has 0 aromatic heterocycles. The van der Waals surface area contributed by atoms with E-state index in [1.54, 1.807) is 0 Å². The average Bonchev–Trinajstić information content (AvgIpc) is 3.28. The Morgan fingerprint density at radius 2 is 1.82 bits per heavy atom. The van der Waals surface area contributed by atoms with Crippen LogP contribution in [0.1, 0.15) is 52.9 Å². The zero-order valence-corrected chi connectivity index (χ0v) is 16.7. The lowest BCUT2D eigenvalue weighted by Gasteiger charge is -2.34. The van der Waals surface area contributed by atoms with Gasteiger partial charge in [-0.05, 0) is 30.6 Å². The van der Waals surface area contributed by atoms with E-state index in [-0.39, 0.29) is 5.91 Å². The molecule has 4 amide bonds. The Kier molecular flexibility index (Phi) is 6.79. The van der Waals surface area contributed by atoms with Gasteiger partial charge in [0, 0.05) is 6.54 Å². The van der Waals surface area contributed by atoms with Crippen molar-refractivity contribution in [3.05, 3.63) is 0 Å². The molecule has 3 atom stereocenters. The topological polar surface area (TPSA) is 139 Å². The second kappa shape index (κ2) is 8.70. The molecule has 9 heteroatoms. The first-order valence-corrected chi connectivity index (χ1v) is 9.70. The van der Waals surface area contributed by atoms with Gasteiger partial charge in [0.15, 0.2) is 0 Å². The predicted octanol–water partition coefficient (Wildman–Crippen LogP) is -0.523. The van der Waals surface area contributed by atoms with E-state index >= 15 is 0 Å². The zero-order chi connectivity index (χ0) is 21.1. The van der Waals surface area contributed by atoms with Crippen LogP contribution >= 0.6 is 0 Å². The number of hydrogen-bond acceptors (Lipinski definition) is 5. The minimum absolute atomic E-state index is 0.303. The summed E-state index contributed by atoms with van der Waals surface area (Å²) in [4.78, 5) is 61.6. The van der Waals surface area contributed by atoms with Crippen LogP contribution in [-0.4, -0.2) is 59.5 Å². The summed E-state index contributed by atoms with van der Waals surface area (Å²) < 4.78 is 0. The molecule has 0 bridgehead atoms. The van der Waals surface area contributed by atoms with Gasteiger partial charge in [-0.25, -0.2) is 0 Å². The summed E-state index contributed by atoms with van der Waals surface area (Å²) in [5.74, 6) is -2.39. The van der Waals surface area contributed by atoms with Crippen LogP contribution in [0.4, 0.5) is 0 Å². The number of likely N-dealkylation sites (tertiary alicyclic amines) is 1. The number of hydrogen-bond donors (Lipinski definition) is 3. The zero-order valence-electron chi connectivity index (χ0n) is 16.7. The van der Waals surface area contributed by atoms with Gasteiger partial charge in [-0.3, -0.25) is 24.0 Å². The fourth-order valence-corrected chi connectivity index (χ4v) is 3.59. The van der Waals surface area contributed by atoms with Crippen molar-refractivity contribution in [1.82, 2.24) is 15.5 Å². The molecule has 0 radical (unpaired) electrons. The quantitative estimate of drug-likeness (QED) is 0.357. The molecule has 156 valence electrons. The fourth-order valence-electron chi connectivity index (χ4n) is 3.59. The third-order valence-corrected chi connectivity index (χ3v) is 5.33. The van der Waals surface area contributed by atoms with Crippen LogP contribution in [0, 0.1) is 11.3 Å². The average molecular weight is 394 g/mol. The molecule has 0 spiro atoms. The van der Waals surface area contributed by atoms with Crippen LogP contribution in [0.2, 0.25) is 0 Å². The first-order chi connectivity index (χ1) is 13.1. The molecule has 4 N–H and O–H groups in total. The number of amides is 4. The van der Waals surface area contributed by atoms with E-state index < -0.39 is 41.1 Å².